The van der Waals surface area contributed by atoms with E-state index in [2.05, 4.69) is 5.10 Å². The van der Waals surface area contributed by atoms with Gasteiger partial charge in [-0.3, -0.25) is 9.59 Å². The molecule has 25 heavy (non-hydrogen) atoms. The fourth-order valence-corrected chi connectivity index (χ4v) is 3.50. The third-order valence-electron chi connectivity index (χ3n) is 3.71. The van der Waals surface area contributed by atoms with Gasteiger partial charge >= 0.3 is 0 Å². The van der Waals surface area contributed by atoms with E-state index in [1.807, 2.05) is 17.5 Å². The highest BCUT2D eigenvalue weighted by Gasteiger charge is 2.24. The smallest absolute Gasteiger partial charge is 0.267 e. The van der Waals surface area contributed by atoms with Gasteiger partial charge in [0.05, 0.1) is 4.88 Å². The van der Waals surface area contributed by atoms with E-state index >= 15 is 0 Å². The lowest BCUT2D eigenvalue weighted by molar-refractivity contribution is 0.0911. The Morgan fingerprint density at radius 1 is 1.16 bits per heavy atom. The molecular formula is C18H14Cl2N2O2S. The maximum absolute atomic E-state index is 12.9. The van der Waals surface area contributed by atoms with E-state index in [-0.39, 0.29) is 17.2 Å². The van der Waals surface area contributed by atoms with Gasteiger partial charge in [-0.2, -0.15) is 5.10 Å². The predicted molar refractivity (Wildman–Crippen MR) is 102 cm³/mol. The quantitative estimate of drug-likeness (QED) is 0.452. The highest BCUT2D eigenvalue weighted by molar-refractivity contribution is 7.13. The first kappa shape index (κ1) is 17.9. The van der Waals surface area contributed by atoms with Crippen molar-refractivity contribution in [3.63, 3.8) is 0 Å². The first-order valence-corrected chi connectivity index (χ1v) is 9.39. The van der Waals surface area contributed by atoms with Crippen LogP contribution in [-0.4, -0.2) is 21.4 Å². The second kappa shape index (κ2) is 7.95. The van der Waals surface area contributed by atoms with Crippen LogP contribution in [-0.2, 0) is 0 Å². The van der Waals surface area contributed by atoms with Gasteiger partial charge in [-0.25, -0.2) is 4.68 Å². The standard InChI is InChI=1S/C18H14Cl2N2O2S/c19-10-9-15(18(24)12-3-5-13(20)6-4-12)22-17(23)8-7-14(21-22)16-2-1-11-25-16/h1-8,11,15H,9-10H2/t15-/m1/s1. The lowest BCUT2D eigenvalue weighted by Gasteiger charge is -2.17. The van der Waals surface area contributed by atoms with Crippen LogP contribution in [0.15, 0.2) is 58.7 Å². The van der Waals surface area contributed by atoms with E-state index in [1.165, 1.54) is 22.1 Å². The van der Waals surface area contributed by atoms with Gasteiger partial charge in [-0.15, -0.1) is 22.9 Å². The second-order valence-electron chi connectivity index (χ2n) is 5.34. The summed E-state index contributed by atoms with van der Waals surface area (Å²) in [5, 5.41) is 6.88. The summed E-state index contributed by atoms with van der Waals surface area (Å²) in [4.78, 5) is 26.2. The van der Waals surface area contributed by atoms with Crippen molar-refractivity contribution in [2.24, 2.45) is 0 Å². The molecule has 0 aliphatic heterocycles. The number of nitrogens with zero attached hydrogens (tertiary/aromatic N) is 2. The highest BCUT2D eigenvalue weighted by atomic mass is 35.5. The molecule has 0 N–H and O–H groups in total. The van der Waals surface area contributed by atoms with Gasteiger partial charge in [0.25, 0.3) is 5.56 Å². The van der Waals surface area contributed by atoms with E-state index in [0.29, 0.717) is 22.7 Å². The van der Waals surface area contributed by atoms with Crippen molar-refractivity contribution in [1.29, 1.82) is 0 Å². The van der Waals surface area contributed by atoms with E-state index in [4.69, 9.17) is 23.2 Å². The summed E-state index contributed by atoms with van der Waals surface area (Å²) < 4.78 is 1.23. The van der Waals surface area contributed by atoms with Crippen LogP contribution in [0.1, 0.15) is 22.8 Å². The number of rotatable bonds is 6. The first-order chi connectivity index (χ1) is 12.1. The van der Waals surface area contributed by atoms with Gasteiger partial charge in [0.1, 0.15) is 11.7 Å². The van der Waals surface area contributed by atoms with Crippen molar-refractivity contribution in [2.75, 3.05) is 5.88 Å². The average molecular weight is 393 g/mol. The fourth-order valence-electron chi connectivity index (χ4n) is 2.48. The Balaban J connectivity index is 2.03. The van der Waals surface area contributed by atoms with Gasteiger partial charge in [0.2, 0.25) is 0 Å². The molecule has 0 unspecified atom stereocenters. The van der Waals surface area contributed by atoms with Crippen LogP contribution in [0.25, 0.3) is 10.6 Å². The number of carbonyl (C=O) groups excluding carboxylic acids is 1. The van der Waals surface area contributed by atoms with Crippen LogP contribution in [0.2, 0.25) is 5.02 Å². The Hall–Kier alpha value is -1.95. The van der Waals surface area contributed by atoms with E-state index < -0.39 is 6.04 Å². The minimum atomic E-state index is -0.758. The number of hydrogen-bond donors (Lipinski definition) is 0. The van der Waals surface area contributed by atoms with Gasteiger partial charge in [-0.05, 0) is 48.2 Å². The number of hydrogen-bond acceptors (Lipinski definition) is 4. The molecule has 0 saturated heterocycles. The Bertz CT molecular complexity index is 921. The van der Waals surface area contributed by atoms with E-state index in [9.17, 15) is 9.59 Å². The summed E-state index contributed by atoms with van der Waals surface area (Å²) in [6, 6.07) is 12.7. The number of benzene rings is 1. The molecule has 3 aromatic rings. The molecule has 0 radical (unpaired) electrons. The zero-order chi connectivity index (χ0) is 17.8. The maximum Gasteiger partial charge on any atom is 0.267 e. The zero-order valence-corrected chi connectivity index (χ0v) is 15.4. The summed E-state index contributed by atoms with van der Waals surface area (Å²) in [6.45, 7) is 0. The number of Topliss-reactive ketones (excluding diaryl/α,β-unsaturated/α-hetero) is 1. The molecule has 7 heteroatoms. The van der Waals surface area contributed by atoms with Crippen molar-refractivity contribution < 1.29 is 4.79 Å². The summed E-state index contributed by atoms with van der Waals surface area (Å²) >= 11 is 13.3. The number of halogens is 2. The van der Waals surface area contributed by atoms with Crippen molar-refractivity contribution in [3.8, 4) is 10.6 Å². The average Bonchev–Trinajstić information content (AvgIpc) is 3.15. The van der Waals surface area contributed by atoms with Crippen molar-refractivity contribution in [2.45, 2.75) is 12.5 Å². The number of alkyl halides is 1. The van der Waals surface area contributed by atoms with Crippen LogP contribution >= 0.6 is 34.5 Å². The van der Waals surface area contributed by atoms with Gasteiger partial charge < -0.3 is 0 Å². The first-order valence-electron chi connectivity index (χ1n) is 7.59. The van der Waals surface area contributed by atoms with Gasteiger partial charge in [0, 0.05) is 22.5 Å². The number of carbonyl (C=O) groups is 1. The summed E-state index contributed by atoms with van der Waals surface area (Å²) in [6.07, 6.45) is 0.309. The molecule has 0 amide bonds. The van der Waals surface area contributed by atoms with Crippen molar-refractivity contribution in [1.82, 2.24) is 9.78 Å². The van der Waals surface area contributed by atoms with Crippen LogP contribution in [0.4, 0.5) is 0 Å². The molecule has 1 aromatic carbocycles. The molecule has 0 bridgehead atoms. The SMILES string of the molecule is O=C(c1ccc(Cl)cc1)[C@@H](CCCl)n1nc(-c2cccs2)ccc1=O. The Kier molecular flexibility index (Phi) is 5.68. The zero-order valence-electron chi connectivity index (χ0n) is 13.1. The Morgan fingerprint density at radius 2 is 1.92 bits per heavy atom. The third-order valence-corrected chi connectivity index (χ3v) is 5.07. The highest BCUT2D eigenvalue weighted by Crippen LogP contribution is 2.23. The lowest BCUT2D eigenvalue weighted by atomic mass is 10.0. The fraction of sp³-hybridized carbons (Fsp3) is 0.167. The number of ketones is 1. The van der Waals surface area contributed by atoms with Gasteiger partial charge in [-0.1, -0.05) is 17.7 Å². The maximum atomic E-state index is 12.9. The molecule has 0 aliphatic carbocycles. The molecule has 0 saturated carbocycles. The molecular weight excluding hydrogens is 379 g/mol. The molecule has 3 rings (SSSR count). The number of aromatic nitrogens is 2. The van der Waals surface area contributed by atoms with E-state index in [1.54, 1.807) is 30.3 Å². The molecule has 4 nitrogen and oxygen atoms in total. The van der Waals surface area contributed by atoms with Crippen LogP contribution in [0.3, 0.4) is 0 Å². The molecule has 128 valence electrons. The predicted octanol–water partition coefficient (Wildman–Crippen LogP) is 4.68. The van der Waals surface area contributed by atoms with Crippen molar-refractivity contribution >= 4 is 40.3 Å². The Labute approximate surface area is 158 Å². The van der Waals surface area contributed by atoms with Gasteiger partial charge in [0.15, 0.2) is 5.78 Å². The topological polar surface area (TPSA) is 52.0 Å². The lowest BCUT2D eigenvalue weighted by Crippen LogP contribution is -2.32. The summed E-state index contributed by atoms with van der Waals surface area (Å²) in [7, 11) is 0. The minimum Gasteiger partial charge on any atom is -0.292 e. The second-order valence-corrected chi connectivity index (χ2v) is 7.11. The van der Waals surface area contributed by atoms with Crippen molar-refractivity contribution in [3.05, 3.63) is 74.9 Å². The molecule has 0 aliphatic rings. The van der Waals surface area contributed by atoms with Crippen LogP contribution in [0, 0.1) is 0 Å². The third kappa shape index (κ3) is 4.00. The molecule has 2 aromatic heterocycles. The molecule has 1 atom stereocenters. The van der Waals surface area contributed by atoms with E-state index in [0.717, 1.165) is 4.88 Å². The monoisotopic (exact) mass is 392 g/mol. The number of thiophene rings is 1. The normalized spacial score (nSPS) is 12.1. The van der Waals surface area contributed by atoms with Crippen LogP contribution < -0.4 is 5.56 Å². The Morgan fingerprint density at radius 3 is 2.56 bits per heavy atom. The molecule has 2 heterocycles. The largest absolute Gasteiger partial charge is 0.292 e. The molecule has 0 spiro atoms. The minimum absolute atomic E-state index is 0.213. The summed E-state index contributed by atoms with van der Waals surface area (Å²) in [5.74, 6) is 0.0247. The summed E-state index contributed by atoms with van der Waals surface area (Å²) in [5.41, 5.74) is 0.783. The molecule has 0 fully saturated rings. The van der Waals surface area contributed by atoms with Crippen LogP contribution in [0.5, 0.6) is 0 Å².